The van der Waals surface area contributed by atoms with Crippen molar-refractivity contribution in [1.29, 1.82) is 0 Å². The first kappa shape index (κ1) is 23.7. The third-order valence-corrected chi connectivity index (χ3v) is 4.70. The van der Waals surface area contributed by atoms with E-state index in [0.717, 1.165) is 37.9 Å². The Morgan fingerprint density at radius 1 is 1.17 bits per heavy atom. The molecule has 0 amide bonds. The van der Waals surface area contributed by atoms with Crippen LogP contribution in [0.25, 0.3) is 17.2 Å². The summed E-state index contributed by atoms with van der Waals surface area (Å²) in [5.41, 5.74) is 1.92. The van der Waals surface area contributed by atoms with E-state index in [0.29, 0.717) is 23.8 Å². The van der Waals surface area contributed by atoms with Crippen LogP contribution in [0.1, 0.15) is 57.9 Å². The summed E-state index contributed by atoms with van der Waals surface area (Å²) in [4.78, 5) is 8.19. The van der Waals surface area contributed by atoms with Gasteiger partial charge in [-0.1, -0.05) is 56.7 Å². The molecular weight excluding hydrogens is 379 g/mol. The zero-order valence-electron chi connectivity index (χ0n) is 18.1. The van der Waals surface area contributed by atoms with E-state index in [1.54, 1.807) is 24.5 Å². The first-order chi connectivity index (χ1) is 14.6. The van der Waals surface area contributed by atoms with Crippen LogP contribution < -0.4 is 4.74 Å². The van der Waals surface area contributed by atoms with Crippen molar-refractivity contribution in [3.05, 3.63) is 60.7 Å². The Labute approximate surface area is 179 Å². The van der Waals surface area contributed by atoms with E-state index in [1.165, 1.54) is 18.9 Å². The zero-order chi connectivity index (χ0) is 21.6. The predicted octanol–water partition coefficient (Wildman–Crippen LogP) is 6.63. The minimum Gasteiger partial charge on any atom is -0.459 e. The molecule has 1 aromatic heterocycles. The van der Waals surface area contributed by atoms with E-state index >= 15 is 0 Å². The van der Waals surface area contributed by atoms with Crippen LogP contribution in [0.5, 0.6) is 6.01 Å². The van der Waals surface area contributed by atoms with Gasteiger partial charge in [-0.15, -0.1) is 0 Å². The van der Waals surface area contributed by atoms with E-state index < -0.39 is 0 Å². The van der Waals surface area contributed by atoms with E-state index in [9.17, 15) is 4.39 Å². The van der Waals surface area contributed by atoms with Crippen LogP contribution in [0, 0.1) is 5.82 Å². The molecule has 0 saturated heterocycles. The van der Waals surface area contributed by atoms with Gasteiger partial charge in [0.25, 0.3) is 0 Å². The quantitative estimate of drug-likeness (QED) is 0.258. The van der Waals surface area contributed by atoms with Gasteiger partial charge in [-0.05, 0) is 44.2 Å². The molecule has 1 unspecified atom stereocenters. The highest BCUT2D eigenvalue weighted by Crippen LogP contribution is 2.24. The van der Waals surface area contributed by atoms with Crippen molar-refractivity contribution in [2.75, 3.05) is 13.2 Å². The molecule has 1 aromatic carbocycles. The van der Waals surface area contributed by atoms with Crippen molar-refractivity contribution in [2.45, 2.75) is 58.5 Å². The van der Waals surface area contributed by atoms with E-state index in [2.05, 4.69) is 36.5 Å². The smallest absolute Gasteiger partial charge is 0.316 e. The molecule has 0 saturated carbocycles. The number of allylic oxidation sites excluding steroid dienone is 1. The van der Waals surface area contributed by atoms with Crippen molar-refractivity contribution in [3.63, 3.8) is 0 Å². The summed E-state index contributed by atoms with van der Waals surface area (Å²) in [7, 11) is 0. The third-order valence-electron chi connectivity index (χ3n) is 4.70. The summed E-state index contributed by atoms with van der Waals surface area (Å²) >= 11 is 0. The van der Waals surface area contributed by atoms with Crippen LogP contribution in [0.4, 0.5) is 4.39 Å². The largest absolute Gasteiger partial charge is 0.459 e. The number of benzene rings is 1. The lowest BCUT2D eigenvalue weighted by molar-refractivity contribution is 0.0566. The summed E-state index contributed by atoms with van der Waals surface area (Å²) in [5, 5.41) is 0. The van der Waals surface area contributed by atoms with Crippen molar-refractivity contribution in [2.24, 2.45) is 0 Å². The lowest BCUT2D eigenvalue weighted by Gasteiger charge is -2.12. The molecule has 0 bridgehead atoms. The monoisotopic (exact) mass is 412 g/mol. The first-order valence-electron chi connectivity index (χ1n) is 10.8. The maximum atomic E-state index is 14.5. The Hall–Kier alpha value is -2.53. The number of aromatic nitrogens is 2. The number of nitrogens with zero attached hydrogens (tertiary/aromatic N) is 2. The van der Waals surface area contributed by atoms with Crippen molar-refractivity contribution in [3.8, 4) is 17.1 Å². The van der Waals surface area contributed by atoms with Crippen LogP contribution in [0.2, 0.25) is 0 Å². The SMILES string of the molecule is C=CCOc1ncc(-c2ccc(C=CCCCC(C)OCCCCC)cc2F)cn1. The second-order valence-electron chi connectivity index (χ2n) is 7.32. The van der Waals surface area contributed by atoms with Gasteiger partial charge in [0, 0.05) is 30.1 Å². The van der Waals surface area contributed by atoms with Gasteiger partial charge < -0.3 is 9.47 Å². The first-order valence-corrected chi connectivity index (χ1v) is 10.8. The minimum absolute atomic E-state index is 0.249. The number of hydrogen-bond acceptors (Lipinski definition) is 4. The van der Waals surface area contributed by atoms with Gasteiger partial charge in [0.15, 0.2) is 0 Å². The minimum atomic E-state index is -0.297. The molecule has 0 spiro atoms. The Morgan fingerprint density at radius 3 is 2.67 bits per heavy atom. The van der Waals surface area contributed by atoms with Crippen LogP contribution in [0.15, 0.2) is 49.3 Å². The number of ether oxygens (including phenoxy) is 2. The molecule has 0 radical (unpaired) electrons. The van der Waals surface area contributed by atoms with Gasteiger partial charge in [0.1, 0.15) is 12.4 Å². The molecule has 0 aliphatic carbocycles. The van der Waals surface area contributed by atoms with Crippen LogP contribution in [-0.4, -0.2) is 29.3 Å². The fraction of sp³-hybridized carbons (Fsp3) is 0.440. The van der Waals surface area contributed by atoms with Gasteiger partial charge in [0.2, 0.25) is 0 Å². The van der Waals surface area contributed by atoms with Crippen LogP contribution in [-0.2, 0) is 4.74 Å². The lowest BCUT2D eigenvalue weighted by Crippen LogP contribution is -2.08. The van der Waals surface area contributed by atoms with Gasteiger partial charge in [0.05, 0.1) is 6.10 Å². The summed E-state index contributed by atoms with van der Waals surface area (Å²) in [5.74, 6) is -0.297. The molecule has 2 aromatic rings. The highest BCUT2D eigenvalue weighted by molar-refractivity contribution is 5.65. The number of unbranched alkanes of at least 4 members (excludes halogenated alkanes) is 3. The molecule has 2 rings (SSSR count). The fourth-order valence-electron chi connectivity index (χ4n) is 2.99. The zero-order valence-corrected chi connectivity index (χ0v) is 18.1. The third kappa shape index (κ3) is 8.46. The van der Waals surface area contributed by atoms with Gasteiger partial charge in [-0.3, -0.25) is 0 Å². The molecule has 1 atom stereocenters. The molecule has 30 heavy (non-hydrogen) atoms. The Morgan fingerprint density at radius 2 is 1.97 bits per heavy atom. The van der Waals surface area contributed by atoms with Gasteiger partial charge >= 0.3 is 6.01 Å². The van der Waals surface area contributed by atoms with Crippen molar-refractivity contribution in [1.82, 2.24) is 9.97 Å². The molecule has 0 aliphatic rings. The number of halogens is 1. The lowest BCUT2D eigenvalue weighted by atomic mass is 10.1. The average Bonchev–Trinajstić information content (AvgIpc) is 2.75. The van der Waals surface area contributed by atoms with Gasteiger partial charge in [-0.25, -0.2) is 14.4 Å². The van der Waals surface area contributed by atoms with Crippen molar-refractivity contribution < 1.29 is 13.9 Å². The molecule has 0 fully saturated rings. The van der Waals surface area contributed by atoms with Gasteiger partial charge in [-0.2, -0.15) is 0 Å². The second kappa shape index (κ2) is 13.6. The normalized spacial score (nSPS) is 12.2. The summed E-state index contributed by atoms with van der Waals surface area (Å²) in [6.45, 7) is 9.09. The summed E-state index contributed by atoms with van der Waals surface area (Å²) in [6, 6.07) is 5.44. The van der Waals surface area contributed by atoms with E-state index in [-0.39, 0.29) is 11.8 Å². The molecular formula is C25H33FN2O2. The summed E-state index contributed by atoms with van der Waals surface area (Å²) in [6.07, 6.45) is 15.7. The topological polar surface area (TPSA) is 44.2 Å². The van der Waals surface area contributed by atoms with Crippen LogP contribution in [0.3, 0.4) is 0 Å². The maximum absolute atomic E-state index is 14.5. The maximum Gasteiger partial charge on any atom is 0.316 e. The highest BCUT2D eigenvalue weighted by atomic mass is 19.1. The number of hydrogen-bond donors (Lipinski definition) is 0. The Kier molecular flexibility index (Phi) is 10.8. The molecule has 0 aliphatic heterocycles. The molecule has 5 heteroatoms. The van der Waals surface area contributed by atoms with Crippen molar-refractivity contribution >= 4 is 6.08 Å². The van der Waals surface area contributed by atoms with E-state index in [4.69, 9.17) is 9.47 Å². The Balaban J connectivity index is 1.80. The van der Waals surface area contributed by atoms with E-state index in [1.807, 2.05) is 12.1 Å². The predicted molar refractivity (Wildman–Crippen MR) is 121 cm³/mol. The molecule has 162 valence electrons. The average molecular weight is 413 g/mol. The second-order valence-corrected chi connectivity index (χ2v) is 7.32. The molecule has 4 nitrogen and oxygen atoms in total. The fourth-order valence-corrected chi connectivity index (χ4v) is 2.99. The standard InChI is InChI=1S/C25H33FN2O2/c1-4-6-10-16-29-20(3)11-8-7-9-12-21-13-14-23(24(26)17-21)22-18-27-25(28-19-22)30-15-5-2/h5,9,12-14,17-20H,2,4,6-8,10-11,15-16H2,1,3H3. The summed E-state index contributed by atoms with van der Waals surface area (Å²) < 4.78 is 25.6. The van der Waals surface area contributed by atoms with Crippen LogP contribution >= 0.6 is 0 Å². The molecule has 1 heterocycles. The highest BCUT2D eigenvalue weighted by Gasteiger charge is 2.07. The number of rotatable bonds is 14. The molecule has 0 N–H and O–H groups in total. The Bertz CT molecular complexity index is 790.